The lowest BCUT2D eigenvalue weighted by Crippen LogP contribution is -2.43. The number of imidazole rings is 1. The lowest BCUT2D eigenvalue weighted by Gasteiger charge is -2.40. The van der Waals surface area contributed by atoms with Gasteiger partial charge in [-0.2, -0.15) is 0 Å². The number of hydrogen-bond acceptors (Lipinski definition) is 3. The van der Waals surface area contributed by atoms with Crippen LogP contribution in [0.25, 0.3) is 11.0 Å². The molecule has 102 valence electrons. The van der Waals surface area contributed by atoms with E-state index in [0.717, 1.165) is 19.3 Å². The summed E-state index contributed by atoms with van der Waals surface area (Å²) >= 11 is 5.76. The van der Waals surface area contributed by atoms with Crippen LogP contribution in [0, 0.1) is 5.82 Å². The van der Waals surface area contributed by atoms with E-state index in [4.69, 9.17) is 22.1 Å². The number of rotatable bonds is 3. The highest BCUT2D eigenvalue weighted by Crippen LogP contribution is 2.38. The molecule has 1 aromatic heterocycles. The van der Waals surface area contributed by atoms with Crippen molar-refractivity contribution in [2.45, 2.75) is 31.4 Å². The second kappa shape index (κ2) is 4.35. The largest absolute Gasteiger partial charge is 0.376 e. The Morgan fingerprint density at radius 2 is 2.26 bits per heavy atom. The number of aromatic nitrogens is 2. The Bertz CT molecular complexity index is 631. The molecule has 0 aliphatic heterocycles. The van der Waals surface area contributed by atoms with E-state index < -0.39 is 5.82 Å². The minimum atomic E-state index is -0.463. The average Bonchev–Trinajstić information content (AvgIpc) is 2.61. The van der Waals surface area contributed by atoms with Gasteiger partial charge in [-0.25, -0.2) is 9.37 Å². The molecule has 1 fully saturated rings. The van der Waals surface area contributed by atoms with E-state index in [0.29, 0.717) is 23.5 Å². The van der Waals surface area contributed by atoms with Crippen molar-refractivity contribution >= 4 is 28.6 Å². The van der Waals surface area contributed by atoms with Crippen molar-refractivity contribution in [2.24, 2.45) is 0 Å². The molecule has 1 aliphatic carbocycles. The second-order valence-electron chi connectivity index (χ2n) is 5.05. The summed E-state index contributed by atoms with van der Waals surface area (Å²) in [4.78, 5) is 4.23. The minimum absolute atomic E-state index is 0.0576. The molecule has 1 heterocycles. The number of nitrogens with two attached hydrogens (primary N) is 1. The van der Waals surface area contributed by atoms with Crippen LogP contribution in [0.1, 0.15) is 19.3 Å². The summed E-state index contributed by atoms with van der Waals surface area (Å²) in [5, 5.41) is 0.0576. The molecule has 0 radical (unpaired) electrons. The highest BCUT2D eigenvalue weighted by molar-refractivity contribution is 6.31. The molecule has 0 spiro atoms. The number of nitrogens with zero attached hydrogens (tertiary/aromatic N) is 2. The molecule has 6 heteroatoms. The van der Waals surface area contributed by atoms with Gasteiger partial charge in [0.1, 0.15) is 5.82 Å². The lowest BCUT2D eigenvalue weighted by atomic mass is 9.80. The van der Waals surface area contributed by atoms with Crippen LogP contribution >= 0.6 is 11.6 Å². The summed E-state index contributed by atoms with van der Waals surface area (Å²) in [6.45, 7) is 0.590. The molecular weight excluding hydrogens is 269 g/mol. The van der Waals surface area contributed by atoms with Crippen molar-refractivity contribution in [3.05, 3.63) is 23.0 Å². The van der Waals surface area contributed by atoms with E-state index in [1.54, 1.807) is 11.7 Å². The van der Waals surface area contributed by atoms with Crippen LogP contribution in [0.3, 0.4) is 0 Å². The van der Waals surface area contributed by atoms with Gasteiger partial charge in [-0.05, 0) is 25.3 Å². The molecular formula is C13H15ClFN3O. The summed E-state index contributed by atoms with van der Waals surface area (Å²) in [6, 6.07) is 2.88. The molecule has 0 bridgehead atoms. The van der Waals surface area contributed by atoms with Crippen LogP contribution in [-0.2, 0) is 11.3 Å². The average molecular weight is 284 g/mol. The van der Waals surface area contributed by atoms with E-state index in [9.17, 15) is 4.39 Å². The maximum absolute atomic E-state index is 13.6. The molecule has 0 unspecified atom stereocenters. The van der Waals surface area contributed by atoms with E-state index in [2.05, 4.69) is 4.98 Å². The van der Waals surface area contributed by atoms with Crippen molar-refractivity contribution in [1.29, 1.82) is 0 Å². The predicted molar refractivity (Wildman–Crippen MR) is 72.7 cm³/mol. The van der Waals surface area contributed by atoms with Gasteiger partial charge >= 0.3 is 0 Å². The second-order valence-corrected chi connectivity index (χ2v) is 5.46. The van der Waals surface area contributed by atoms with Gasteiger partial charge in [0.25, 0.3) is 0 Å². The third kappa shape index (κ3) is 1.97. The molecule has 4 nitrogen and oxygen atoms in total. The third-order valence-electron chi connectivity index (χ3n) is 3.96. The lowest BCUT2D eigenvalue weighted by molar-refractivity contribution is -0.0824. The first kappa shape index (κ1) is 12.7. The fraction of sp³-hybridized carbons (Fsp3) is 0.462. The summed E-state index contributed by atoms with van der Waals surface area (Å²) in [7, 11) is 1.70. The Kier molecular flexibility index (Phi) is 2.91. The van der Waals surface area contributed by atoms with Gasteiger partial charge in [0.2, 0.25) is 5.95 Å². The maximum Gasteiger partial charge on any atom is 0.201 e. The Morgan fingerprint density at radius 3 is 2.84 bits per heavy atom. The summed E-state index contributed by atoms with van der Waals surface area (Å²) < 4.78 is 21.0. The molecule has 19 heavy (non-hydrogen) atoms. The fourth-order valence-electron chi connectivity index (χ4n) is 2.59. The number of hydrogen-bond donors (Lipinski definition) is 1. The molecule has 0 amide bonds. The van der Waals surface area contributed by atoms with Crippen LogP contribution in [0.15, 0.2) is 12.1 Å². The first-order chi connectivity index (χ1) is 9.04. The number of halogens is 2. The Balaban J connectivity index is 2.07. The molecule has 0 saturated heterocycles. The smallest absolute Gasteiger partial charge is 0.201 e. The van der Waals surface area contributed by atoms with Gasteiger partial charge in [0, 0.05) is 13.2 Å². The van der Waals surface area contributed by atoms with Gasteiger partial charge in [-0.1, -0.05) is 11.6 Å². The normalized spacial score (nSPS) is 17.6. The van der Waals surface area contributed by atoms with E-state index >= 15 is 0 Å². The number of fused-ring (bicyclic) bond motifs is 1. The minimum Gasteiger partial charge on any atom is -0.376 e. The van der Waals surface area contributed by atoms with Crippen LogP contribution in [0.5, 0.6) is 0 Å². The molecule has 2 aromatic rings. The number of methoxy groups -OCH3 is 1. The van der Waals surface area contributed by atoms with Crippen molar-refractivity contribution in [3.63, 3.8) is 0 Å². The SMILES string of the molecule is COC1(Cn2c(N)nc3cc(Cl)c(F)cc32)CCC1. The molecule has 3 rings (SSSR count). The molecule has 1 saturated carbocycles. The maximum atomic E-state index is 13.6. The van der Waals surface area contributed by atoms with Gasteiger partial charge in [-0.15, -0.1) is 0 Å². The first-order valence-corrected chi connectivity index (χ1v) is 6.58. The van der Waals surface area contributed by atoms with Crippen molar-refractivity contribution in [2.75, 3.05) is 12.8 Å². The van der Waals surface area contributed by atoms with Crippen molar-refractivity contribution < 1.29 is 9.13 Å². The third-order valence-corrected chi connectivity index (χ3v) is 4.25. The molecule has 1 aliphatic rings. The monoisotopic (exact) mass is 283 g/mol. The Labute approximate surface area is 115 Å². The zero-order valence-corrected chi connectivity index (χ0v) is 11.4. The summed E-state index contributed by atoms with van der Waals surface area (Å²) in [6.07, 6.45) is 3.11. The summed E-state index contributed by atoms with van der Waals surface area (Å²) in [5.74, 6) is -0.101. The van der Waals surface area contributed by atoms with Crippen LogP contribution in [-0.4, -0.2) is 22.3 Å². The number of anilines is 1. The standard InChI is InChI=1S/C13H15ClFN3O/c1-19-13(3-2-4-13)7-18-11-6-9(15)8(14)5-10(11)17-12(18)16/h5-6H,2-4,7H2,1H3,(H2,16,17). The zero-order valence-electron chi connectivity index (χ0n) is 10.6. The molecule has 1 aromatic carbocycles. The van der Waals surface area contributed by atoms with E-state index in [1.165, 1.54) is 12.1 Å². The van der Waals surface area contributed by atoms with Crippen molar-refractivity contribution in [1.82, 2.24) is 9.55 Å². The highest BCUT2D eigenvalue weighted by Gasteiger charge is 2.38. The number of benzene rings is 1. The van der Waals surface area contributed by atoms with Gasteiger partial charge < -0.3 is 15.0 Å². The van der Waals surface area contributed by atoms with Crippen LogP contribution in [0.4, 0.5) is 10.3 Å². The highest BCUT2D eigenvalue weighted by atomic mass is 35.5. The molecule has 2 N–H and O–H groups in total. The van der Waals surface area contributed by atoms with Gasteiger partial charge in [0.15, 0.2) is 0 Å². The quantitative estimate of drug-likeness (QED) is 0.942. The number of nitrogen functional groups attached to an aromatic ring is 1. The predicted octanol–water partition coefficient (Wildman–Crippen LogP) is 2.98. The van der Waals surface area contributed by atoms with Gasteiger partial charge in [0.05, 0.1) is 28.2 Å². The van der Waals surface area contributed by atoms with E-state index in [1.807, 2.05) is 0 Å². The van der Waals surface area contributed by atoms with E-state index in [-0.39, 0.29) is 10.6 Å². The Morgan fingerprint density at radius 1 is 1.53 bits per heavy atom. The fourth-order valence-corrected chi connectivity index (χ4v) is 2.75. The first-order valence-electron chi connectivity index (χ1n) is 6.21. The Hall–Kier alpha value is -1.33. The number of ether oxygens (including phenoxy) is 1. The molecule has 0 atom stereocenters. The van der Waals surface area contributed by atoms with Crippen LogP contribution < -0.4 is 5.73 Å². The topological polar surface area (TPSA) is 53.1 Å². The summed E-state index contributed by atoms with van der Waals surface area (Å²) in [5.41, 5.74) is 6.99. The van der Waals surface area contributed by atoms with Crippen LogP contribution in [0.2, 0.25) is 5.02 Å². The zero-order chi connectivity index (χ0) is 13.6. The van der Waals surface area contributed by atoms with Crippen molar-refractivity contribution in [3.8, 4) is 0 Å². The van der Waals surface area contributed by atoms with Gasteiger partial charge in [-0.3, -0.25) is 0 Å².